The van der Waals surface area contributed by atoms with Crippen LogP contribution < -0.4 is 5.43 Å². The zero-order valence-electron chi connectivity index (χ0n) is 10.6. The van der Waals surface area contributed by atoms with Crippen molar-refractivity contribution < 1.29 is 0 Å². The zero-order chi connectivity index (χ0) is 13.1. The number of nitrogens with one attached hydrogen (secondary N) is 1. The van der Waals surface area contributed by atoms with E-state index in [1.54, 1.807) is 6.21 Å². The minimum Gasteiger partial charge on any atom is -0.312 e. The predicted molar refractivity (Wildman–Crippen MR) is 78.4 cm³/mol. The van der Waals surface area contributed by atoms with E-state index in [0.717, 1.165) is 22.5 Å². The van der Waals surface area contributed by atoms with E-state index in [4.69, 9.17) is 0 Å². The third kappa shape index (κ3) is 2.33. The Bertz CT molecular complexity index is 713. The number of hydrogen-bond donors (Lipinski definition) is 1. The second kappa shape index (κ2) is 4.94. The molecule has 94 valence electrons. The van der Waals surface area contributed by atoms with Gasteiger partial charge >= 0.3 is 0 Å². The van der Waals surface area contributed by atoms with E-state index in [1.165, 1.54) is 0 Å². The Morgan fingerprint density at radius 1 is 1.05 bits per heavy atom. The summed E-state index contributed by atoms with van der Waals surface area (Å²) in [5.41, 5.74) is 6.07. The number of aryl methyl sites for hydroxylation is 1. The summed E-state index contributed by atoms with van der Waals surface area (Å²) in [6, 6.07) is 18.0. The van der Waals surface area contributed by atoms with Gasteiger partial charge in [0.05, 0.1) is 17.2 Å². The van der Waals surface area contributed by atoms with Crippen molar-refractivity contribution in [1.82, 2.24) is 9.55 Å². The standard InChI is InChI=1S/C15H14N4/c1-19-14-10-6-5-9-13(14)17-15(19)18-16-11-12-7-3-2-4-8-12/h2-11H,1H3,(H,17,18). The van der Waals surface area contributed by atoms with Crippen molar-refractivity contribution in [2.45, 2.75) is 0 Å². The van der Waals surface area contributed by atoms with E-state index in [1.807, 2.05) is 66.2 Å². The van der Waals surface area contributed by atoms with E-state index in [9.17, 15) is 0 Å². The van der Waals surface area contributed by atoms with Crippen molar-refractivity contribution in [2.24, 2.45) is 12.1 Å². The molecule has 0 saturated carbocycles. The molecule has 0 aliphatic carbocycles. The van der Waals surface area contributed by atoms with Crippen molar-refractivity contribution in [1.29, 1.82) is 0 Å². The molecule has 19 heavy (non-hydrogen) atoms. The van der Waals surface area contributed by atoms with Gasteiger partial charge in [-0.25, -0.2) is 10.4 Å². The van der Waals surface area contributed by atoms with Crippen molar-refractivity contribution in [3.8, 4) is 0 Å². The van der Waals surface area contributed by atoms with E-state index >= 15 is 0 Å². The highest BCUT2D eigenvalue weighted by Crippen LogP contribution is 2.17. The monoisotopic (exact) mass is 250 g/mol. The van der Waals surface area contributed by atoms with Crippen LogP contribution >= 0.6 is 0 Å². The second-order valence-electron chi connectivity index (χ2n) is 4.26. The first-order valence-corrected chi connectivity index (χ1v) is 6.10. The van der Waals surface area contributed by atoms with E-state index in [2.05, 4.69) is 15.5 Å². The minimum absolute atomic E-state index is 0.730. The molecule has 1 heterocycles. The van der Waals surface area contributed by atoms with Crippen molar-refractivity contribution in [3.05, 3.63) is 60.2 Å². The van der Waals surface area contributed by atoms with Crippen molar-refractivity contribution in [2.75, 3.05) is 5.43 Å². The molecule has 2 aromatic carbocycles. The summed E-state index contributed by atoms with van der Waals surface area (Å²) in [6.45, 7) is 0. The van der Waals surface area contributed by atoms with Crippen molar-refractivity contribution >= 4 is 23.2 Å². The number of aromatic nitrogens is 2. The quantitative estimate of drug-likeness (QED) is 0.573. The Kier molecular flexibility index (Phi) is 2.98. The molecule has 0 spiro atoms. The highest BCUT2D eigenvalue weighted by molar-refractivity contribution is 5.81. The van der Waals surface area contributed by atoms with E-state index in [0.29, 0.717) is 0 Å². The van der Waals surface area contributed by atoms with Crippen molar-refractivity contribution in [3.63, 3.8) is 0 Å². The van der Waals surface area contributed by atoms with Gasteiger partial charge in [0.15, 0.2) is 0 Å². The van der Waals surface area contributed by atoms with Gasteiger partial charge in [0.1, 0.15) is 0 Å². The third-order valence-electron chi connectivity index (χ3n) is 2.96. The van der Waals surface area contributed by atoms with Gasteiger partial charge in [-0.1, -0.05) is 42.5 Å². The third-order valence-corrected chi connectivity index (χ3v) is 2.96. The van der Waals surface area contributed by atoms with Crippen LogP contribution in [0.1, 0.15) is 5.56 Å². The number of rotatable bonds is 3. The van der Waals surface area contributed by atoms with Crippen LogP contribution in [-0.2, 0) is 7.05 Å². The average molecular weight is 250 g/mol. The molecule has 4 nitrogen and oxygen atoms in total. The molecule has 0 aliphatic rings. The first-order chi connectivity index (χ1) is 9.34. The molecule has 0 amide bonds. The van der Waals surface area contributed by atoms with Gasteiger partial charge in [0.25, 0.3) is 0 Å². The van der Waals surface area contributed by atoms with Gasteiger partial charge in [-0.05, 0) is 17.7 Å². The van der Waals surface area contributed by atoms with Crippen LogP contribution in [0.25, 0.3) is 11.0 Å². The summed E-state index contributed by atoms with van der Waals surface area (Å²) in [5, 5.41) is 4.21. The van der Waals surface area contributed by atoms with Crippen LogP contribution in [-0.4, -0.2) is 15.8 Å². The summed E-state index contributed by atoms with van der Waals surface area (Å²) in [7, 11) is 1.97. The van der Waals surface area contributed by atoms with Crippen LogP contribution in [0.3, 0.4) is 0 Å². The average Bonchev–Trinajstić information content (AvgIpc) is 2.78. The normalized spacial score (nSPS) is 11.2. The number of nitrogens with zero attached hydrogens (tertiary/aromatic N) is 3. The number of anilines is 1. The topological polar surface area (TPSA) is 42.2 Å². The summed E-state index contributed by atoms with van der Waals surface area (Å²) >= 11 is 0. The minimum atomic E-state index is 0.730. The molecule has 4 heteroatoms. The lowest BCUT2D eigenvalue weighted by molar-refractivity contribution is 0.943. The fourth-order valence-electron chi connectivity index (χ4n) is 1.95. The van der Waals surface area contributed by atoms with Gasteiger partial charge in [0.2, 0.25) is 5.95 Å². The lowest BCUT2D eigenvalue weighted by Crippen LogP contribution is -1.98. The molecule has 0 fully saturated rings. The number of para-hydroxylation sites is 2. The lowest BCUT2D eigenvalue weighted by atomic mass is 10.2. The fourth-order valence-corrected chi connectivity index (χ4v) is 1.95. The van der Waals surface area contributed by atoms with Crippen LogP contribution in [0, 0.1) is 0 Å². The highest BCUT2D eigenvalue weighted by Gasteiger charge is 2.04. The number of benzene rings is 2. The molecule has 0 atom stereocenters. The van der Waals surface area contributed by atoms with Crippen LogP contribution in [0.2, 0.25) is 0 Å². The molecule has 0 unspecified atom stereocenters. The van der Waals surface area contributed by atoms with E-state index in [-0.39, 0.29) is 0 Å². The van der Waals surface area contributed by atoms with Crippen LogP contribution in [0.15, 0.2) is 59.7 Å². The first-order valence-electron chi connectivity index (χ1n) is 6.10. The fraction of sp³-hybridized carbons (Fsp3) is 0.0667. The smallest absolute Gasteiger partial charge is 0.224 e. The number of fused-ring (bicyclic) bond motifs is 1. The summed E-state index contributed by atoms with van der Waals surface area (Å²) in [4.78, 5) is 4.48. The van der Waals surface area contributed by atoms with Crippen LogP contribution in [0.4, 0.5) is 5.95 Å². The Morgan fingerprint density at radius 3 is 2.58 bits per heavy atom. The molecule has 0 radical (unpaired) electrons. The van der Waals surface area contributed by atoms with Gasteiger partial charge in [-0.2, -0.15) is 5.10 Å². The number of imidazole rings is 1. The summed E-state index contributed by atoms with van der Waals surface area (Å²) in [6.07, 6.45) is 1.78. The molecule has 3 aromatic rings. The van der Waals surface area contributed by atoms with Crippen LogP contribution in [0.5, 0.6) is 0 Å². The maximum absolute atomic E-state index is 4.48. The summed E-state index contributed by atoms with van der Waals surface area (Å²) < 4.78 is 1.98. The van der Waals surface area contributed by atoms with Gasteiger partial charge in [-0.15, -0.1) is 0 Å². The molecular weight excluding hydrogens is 236 g/mol. The Labute approximate surface area is 111 Å². The molecule has 3 rings (SSSR count). The Balaban J connectivity index is 1.82. The first kappa shape index (κ1) is 11.5. The van der Waals surface area contributed by atoms with Gasteiger partial charge in [-0.3, -0.25) is 0 Å². The molecule has 0 aliphatic heterocycles. The van der Waals surface area contributed by atoms with E-state index < -0.39 is 0 Å². The number of hydrazone groups is 1. The SMILES string of the molecule is Cn1c(NN=Cc2ccccc2)nc2ccccc21. The lowest BCUT2D eigenvalue weighted by Gasteiger charge is -2.00. The molecule has 1 aromatic heterocycles. The second-order valence-corrected chi connectivity index (χ2v) is 4.26. The highest BCUT2D eigenvalue weighted by atomic mass is 15.4. The molecule has 1 N–H and O–H groups in total. The van der Waals surface area contributed by atoms with Gasteiger partial charge < -0.3 is 4.57 Å². The Hall–Kier alpha value is -2.62. The number of hydrogen-bond acceptors (Lipinski definition) is 3. The Morgan fingerprint density at radius 2 is 1.79 bits per heavy atom. The van der Waals surface area contributed by atoms with Gasteiger partial charge in [0, 0.05) is 7.05 Å². The largest absolute Gasteiger partial charge is 0.312 e. The summed E-state index contributed by atoms with van der Waals surface area (Å²) in [5.74, 6) is 0.730. The zero-order valence-corrected chi connectivity index (χ0v) is 10.6. The molecular formula is C15H14N4. The molecule has 0 saturated heterocycles. The maximum Gasteiger partial charge on any atom is 0.224 e. The maximum atomic E-state index is 4.48. The predicted octanol–water partition coefficient (Wildman–Crippen LogP) is 3.02. The molecule has 0 bridgehead atoms.